The largest absolute Gasteiger partial charge is 0.477 e. The van der Waals surface area contributed by atoms with Gasteiger partial charge in [0.2, 0.25) is 0 Å². The minimum absolute atomic E-state index is 0.140. The van der Waals surface area contributed by atoms with Crippen LogP contribution in [-0.2, 0) is 20.9 Å². The summed E-state index contributed by atoms with van der Waals surface area (Å²) in [5.74, 6) is -0.108. The maximum absolute atomic E-state index is 12.0. The van der Waals surface area contributed by atoms with Crippen molar-refractivity contribution in [3.63, 3.8) is 0 Å². The second kappa shape index (κ2) is 8.27. The predicted octanol–water partition coefficient (Wildman–Crippen LogP) is 4.19. The van der Waals surface area contributed by atoms with Crippen LogP contribution in [0.4, 0.5) is 0 Å². The lowest BCUT2D eigenvalue weighted by molar-refractivity contribution is -0.153. The molecule has 0 bridgehead atoms. The van der Waals surface area contributed by atoms with Crippen molar-refractivity contribution in [1.29, 1.82) is 0 Å². The highest BCUT2D eigenvalue weighted by Crippen LogP contribution is 2.28. The molecule has 1 aromatic heterocycles. The van der Waals surface area contributed by atoms with Gasteiger partial charge in [-0.15, -0.1) is 0 Å². The molecule has 0 unspecified atom stereocenters. The number of carbonyl (C=O) groups is 2. The molecule has 25 heavy (non-hydrogen) atoms. The first kappa shape index (κ1) is 19.1. The molecule has 2 rings (SSSR count). The maximum Gasteiger partial charge on any atom is 0.347 e. The monoisotopic (exact) mass is 386 g/mol. The predicted molar refractivity (Wildman–Crippen MR) is 91.1 cm³/mol. The number of ether oxygens (including phenoxy) is 3. The van der Waals surface area contributed by atoms with E-state index < -0.39 is 18.0 Å². The number of esters is 2. The van der Waals surface area contributed by atoms with Gasteiger partial charge in [0, 0.05) is 5.02 Å². The molecular weight excluding hydrogens is 371 g/mol. The van der Waals surface area contributed by atoms with Gasteiger partial charge in [0.15, 0.2) is 6.10 Å². The summed E-state index contributed by atoms with van der Waals surface area (Å²) in [5.41, 5.74) is 0.283. The van der Waals surface area contributed by atoms with E-state index in [1.807, 2.05) is 0 Å². The van der Waals surface area contributed by atoms with Crippen molar-refractivity contribution in [3.8, 4) is 5.75 Å². The van der Waals surface area contributed by atoms with E-state index in [0.717, 1.165) is 0 Å². The van der Waals surface area contributed by atoms with Gasteiger partial charge in [-0.1, -0.05) is 23.2 Å². The molecule has 0 amide bonds. The third kappa shape index (κ3) is 4.90. The minimum atomic E-state index is -0.894. The van der Waals surface area contributed by atoms with Gasteiger partial charge >= 0.3 is 11.9 Å². The number of halogens is 2. The van der Waals surface area contributed by atoms with Gasteiger partial charge in [-0.2, -0.15) is 0 Å². The average molecular weight is 387 g/mol. The first-order chi connectivity index (χ1) is 11.8. The van der Waals surface area contributed by atoms with E-state index in [2.05, 4.69) is 4.74 Å². The molecule has 0 N–H and O–H groups in total. The van der Waals surface area contributed by atoms with E-state index in [-0.39, 0.29) is 17.2 Å². The summed E-state index contributed by atoms with van der Waals surface area (Å²) in [6.07, 6.45) is -0.894. The van der Waals surface area contributed by atoms with Crippen LogP contribution in [0.3, 0.4) is 0 Å². The van der Waals surface area contributed by atoms with Crippen molar-refractivity contribution in [1.82, 2.24) is 0 Å². The number of carbonyl (C=O) groups excluding carboxylic acids is 2. The zero-order chi connectivity index (χ0) is 18.6. The van der Waals surface area contributed by atoms with Crippen LogP contribution in [0.1, 0.15) is 28.8 Å². The van der Waals surface area contributed by atoms with Gasteiger partial charge in [0.1, 0.15) is 29.4 Å². The lowest BCUT2D eigenvalue weighted by Gasteiger charge is -2.14. The molecule has 2 aromatic rings. The number of furan rings is 1. The molecule has 0 saturated heterocycles. The van der Waals surface area contributed by atoms with Crippen LogP contribution in [0.2, 0.25) is 10.0 Å². The summed E-state index contributed by atoms with van der Waals surface area (Å²) in [6.45, 7) is 3.01. The van der Waals surface area contributed by atoms with Crippen LogP contribution in [0.25, 0.3) is 0 Å². The SMILES string of the molecule is COC(=O)c1cc(COC(=O)[C@H](C)Oc2ccc(Cl)cc2Cl)oc1C. The van der Waals surface area contributed by atoms with Gasteiger partial charge in [-0.3, -0.25) is 0 Å². The third-order valence-electron chi connectivity index (χ3n) is 3.26. The van der Waals surface area contributed by atoms with E-state index in [9.17, 15) is 9.59 Å². The Kier molecular flexibility index (Phi) is 6.33. The molecule has 0 fully saturated rings. The van der Waals surface area contributed by atoms with Crippen molar-refractivity contribution in [2.45, 2.75) is 26.6 Å². The number of methoxy groups -OCH3 is 1. The van der Waals surface area contributed by atoms with Crippen molar-refractivity contribution in [2.24, 2.45) is 0 Å². The topological polar surface area (TPSA) is 75.0 Å². The summed E-state index contributed by atoms with van der Waals surface area (Å²) in [4.78, 5) is 23.6. The number of benzene rings is 1. The molecule has 1 heterocycles. The zero-order valence-corrected chi connectivity index (χ0v) is 15.3. The Labute approximate surface area is 154 Å². The van der Waals surface area contributed by atoms with Crippen LogP contribution < -0.4 is 4.74 Å². The van der Waals surface area contributed by atoms with Crippen LogP contribution >= 0.6 is 23.2 Å². The van der Waals surface area contributed by atoms with Crippen molar-refractivity contribution in [2.75, 3.05) is 7.11 Å². The quantitative estimate of drug-likeness (QED) is 0.692. The molecule has 0 spiro atoms. The molecule has 0 aliphatic heterocycles. The first-order valence-corrected chi connectivity index (χ1v) is 8.03. The second-order valence-corrected chi connectivity index (χ2v) is 5.96. The molecule has 0 saturated carbocycles. The normalized spacial score (nSPS) is 11.7. The smallest absolute Gasteiger partial charge is 0.347 e. The molecule has 134 valence electrons. The number of aryl methyl sites for hydroxylation is 1. The van der Waals surface area contributed by atoms with Gasteiger partial charge in [0.05, 0.1) is 12.1 Å². The third-order valence-corrected chi connectivity index (χ3v) is 3.79. The van der Waals surface area contributed by atoms with Gasteiger partial charge in [-0.05, 0) is 38.1 Å². The Morgan fingerprint density at radius 3 is 2.60 bits per heavy atom. The van der Waals surface area contributed by atoms with Crippen LogP contribution in [-0.4, -0.2) is 25.2 Å². The molecule has 6 nitrogen and oxygen atoms in total. The fourth-order valence-corrected chi connectivity index (χ4v) is 2.45. The standard InChI is InChI=1S/C17H16Cl2O6/c1-9-13(17(21)22-3)7-12(24-9)8-23-16(20)10(2)25-15-5-4-11(18)6-14(15)19/h4-7,10H,8H2,1-3H3/t10-/m0/s1. The molecule has 1 atom stereocenters. The molecule has 0 aliphatic rings. The number of rotatable bonds is 6. The molecule has 8 heteroatoms. The van der Waals surface area contributed by atoms with E-state index in [1.54, 1.807) is 19.1 Å². The van der Waals surface area contributed by atoms with E-state index >= 15 is 0 Å². The molecular formula is C17H16Cl2O6. The highest BCUT2D eigenvalue weighted by molar-refractivity contribution is 6.35. The van der Waals surface area contributed by atoms with Crippen LogP contribution in [0.15, 0.2) is 28.7 Å². The fraction of sp³-hybridized carbons (Fsp3) is 0.294. The Bertz CT molecular complexity index is 783. The van der Waals surface area contributed by atoms with Crippen LogP contribution in [0.5, 0.6) is 5.75 Å². The Morgan fingerprint density at radius 1 is 1.24 bits per heavy atom. The van der Waals surface area contributed by atoms with Crippen LogP contribution in [0, 0.1) is 6.92 Å². The highest BCUT2D eigenvalue weighted by atomic mass is 35.5. The first-order valence-electron chi connectivity index (χ1n) is 7.27. The molecule has 1 aromatic carbocycles. The minimum Gasteiger partial charge on any atom is -0.477 e. The van der Waals surface area contributed by atoms with E-state index in [4.69, 9.17) is 37.1 Å². The van der Waals surface area contributed by atoms with Gasteiger partial charge in [-0.25, -0.2) is 9.59 Å². The maximum atomic E-state index is 12.0. The lowest BCUT2D eigenvalue weighted by atomic mass is 10.2. The fourth-order valence-electron chi connectivity index (χ4n) is 2.00. The molecule has 0 radical (unpaired) electrons. The van der Waals surface area contributed by atoms with E-state index in [1.165, 1.54) is 26.2 Å². The average Bonchev–Trinajstić information content (AvgIpc) is 2.95. The Balaban J connectivity index is 1.94. The molecule has 0 aliphatic carbocycles. The van der Waals surface area contributed by atoms with Crippen molar-refractivity contribution < 1.29 is 28.2 Å². The summed E-state index contributed by atoms with van der Waals surface area (Å²) in [6, 6.07) is 6.14. The van der Waals surface area contributed by atoms with Crippen molar-refractivity contribution in [3.05, 3.63) is 51.4 Å². The second-order valence-electron chi connectivity index (χ2n) is 5.12. The zero-order valence-electron chi connectivity index (χ0n) is 13.8. The van der Waals surface area contributed by atoms with E-state index in [0.29, 0.717) is 22.3 Å². The Hall–Kier alpha value is -2.18. The summed E-state index contributed by atoms with van der Waals surface area (Å²) in [5, 5.41) is 0.749. The number of hydrogen-bond acceptors (Lipinski definition) is 6. The summed E-state index contributed by atoms with van der Waals surface area (Å²) in [7, 11) is 1.27. The van der Waals surface area contributed by atoms with Gasteiger partial charge in [0.25, 0.3) is 0 Å². The highest BCUT2D eigenvalue weighted by Gasteiger charge is 2.20. The van der Waals surface area contributed by atoms with Crippen molar-refractivity contribution >= 4 is 35.1 Å². The van der Waals surface area contributed by atoms with Gasteiger partial charge < -0.3 is 18.6 Å². The number of hydrogen-bond donors (Lipinski definition) is 0. The summed E-state index contributed by atoms with van der Waals surface area (Å²) < 4.78 is 20.6. The Morgan fingerprint density at radius 2 is 1.96 bits per heavy atom. The summed E-state index contributed by atoms with van der Waals surface area (Å²) >= 11 is 11.8. The lowest BCUT2D eigenvalue weighted by Crippen LogP contribution is -2.26.